The van der Waals surface area contributed by atoms with Crippen molar-refractivity contribution in [1.82, 2.24) is 0 Å². The molecular weight excluding hydrogens is 674 g/mol. The van der Waals surface area contributed by atoms with Crippen LogP contribution in [-0.4, -0.2) is 73.5 Å². The van der Waals surface area contributed by atoms with Crippen LogP contribution < -0.4 is 9.80 Å². The van der Waals surface area contributed by atoms with Crippen LogP contribution in [0.2, 0.25) is 0 Å². The van der Waals surface area contributed by atoms with Gasteiger partial charge in [-0.1, -0.05) is 38.5 Å². The summed E-state index contributed by atoms with van der Waals surface area (Å²) in [5.74, 6) is -3.74. The molecule has 0 radical (unpaired) electrons. The van der Waals surface area contributed by atoms with Gasteiger partial charge in [-0.3, -0.25) is 0 Å². The highest BCUT2D eigenvalue weighted by Gasteiger charge is 2.38. The molecule has 0 saturated carbocycles. The van der Waals surface area contributed by atoms with Crippen LogP contribution in [0.4, 0.5) is 20.2 Å². The molecule has 0 heterocycles. The number of carbonyl (C=O) groups is 4. The molecule has 0 aromatic heterocycles. The number of hydrogen-bond donors (Lipinski definition) is 0. The number of anilines is 2. The number of halogens is 2. The first-order chi connectivity index (χ1) is 24.6. The molecular formula is C40H58F2N2O8. The first-order valence-corrected chi connectivity index (χ1v) is 18.5. The normalized spacial score (nSPS) is 11.5. The van der Waals surface area contributed by atoms with Gasteiger partial charge >= 0.3 is 23.9 Å². The fraction of sp³-hybridized carbons (Fsp3) is 0.600. The van der Waals surface area contributed by atoms with Gasteiger partial charge in [0, 0.05) is 24.5 Å². The van der Waals surface area contributed by atoms with E-state index in [1.54, 1.807) is 65.2 Å². The van der Waals surface area contributed by atoms with Gasteiger partial charge < -0.3 is 28.7 Å². The van der Waals surface area contributed by atoms with E-state index in [9.17, 15) is 28.0 Å². The molecule has 0 saturated heterocycles. The Hall–Kier alpha value is -4.22. The van der Waals surface area contributed by atoms with Gasteiger partial charge in [0.15, 0.2) is 0 Å². The second-order valence-electron chi connectivity index (χ2n) is 13.9. The molecule has 52 heavy (non-hydrogen) atoms. The molecule has 0 atom stereocenters. The zero-order chi connectivity index (χ0) is 38.8. The van der Waals surface area contributed by atoms with Gasteiger partial charge in [-0.25, -0.2) is 28.0 Å². The van der Waals surface area contributed by atoms with Gasteiger partial charge in [0.1, 0.15) is 11.6 Å². The molecule has 0 aliphatic rings. The van der Waals surface area contributed by atoms with Gasteiger partial charge in [0.25, 0.3) is 0 Å². The monoisotopic (exact) mass is 732 g/mol. The Balaban J connectivity index is 1.99. The van der Waals surface area contributed by atoms with E-state index < -0.39 is 72.0 Å². The molecule has 2 rings (SSSR count). The molecule has 0 amide bonds. The summed E-state index contributed by atoms with van der Waals surface area (Å²) in [7, 11) is 0. The molecule has 0 bridgehead atoms. The van der Waals surface area contributed by atoms with Gasteiger partial charge in [0.05, 0.1) is 24.4 Å². The SMILES string of the molecule is CC(C)OC(=O)C(C(=O)OC(C)C)N(CCCCCCCCCCN(c1ccc(F)cc1)C(C(=O)OC(C)C)C(=O)OC(C)C)c1ccc(F)cc1. The minimum atomic E-state index is -1.33. The van der Waals surface area contributed by atoms with Crippen molar-refractivity contribution < 1.29 is 46.9 Å². The standard InChI is InChI=1S/C40H58F2N2O8/c1-27(2)49-37(45)35(38(46)50-28(3)4)43(33-21-17-31(41)18-22-33)25-15-13-11-9-10-12-14-16-26-44(34-23-19-32(42)20-24-34)36(39(47)51-29(5)6)40(48)52-30(7)8/h17-24,27-30,35-36H,9-16,25-26H2,1-8H3. The lowest BCUT2D eigenvalue weighted by Gasteiger charge is -2.32. The van der Waals surface area contributed by atoms with Crippen LogP contribution in [-0.2, 0) is 38.1 Å². The van der Waals surface area contributed by atoms with Crippen molar-refractivity contribution in [2.45, 2.75) is 143 Å². The molecule has 0 spiro atoms. The maximum Gasteiger partial charge on any atom is 0.340 e. The van der Waals surface area contributed by atoms with Crippen molar-refractivity contribution in [3.63, 3.8) is 0 Å². The van der Waals surface area contributed by atoms with Crippen molar-refractivity contribution in [1.29, 1.82) is 0 Å². The van der Waals surface area contributed by atoms with E-state index in [1.165, 1.54) is 48.5 Å². The summed E-state index contributed by atoms with van der Waals surface area (Å²) in [6.45, 7) is 14.4. The van der Waals surface area contributed by atoms with E-state index >= 15 is 0 Å². The van der Waals surface area contributed by atoms with E-state index in [1.807, 2.05) is 0 Å². The van der Waals surface area contributed by atoms with E-state index in [2.05, 4.69) is 0 Å². The number of ether oxygens (including phenoxy) is 4. The molecule has 0 N–H and O–H groups in total. The lowest BCUT2D eigenvalue weighted by atomic mass is 10.1. The zero-order valence-corrected chi connectivity index (χ0v) is 32.1. The van der Waals surface area contributed by atoms with E-state index in [0.717, 1.165) is 38.5 Å². The molecule has 10 nitrogen and oxygen atoms in total. The third-order valence-corrected chi connectivity index (χ3v) is 7.79. The van der Waals surface area contributed by atoms with Crippen LogP contribution in [0, 0.1) is 11.6 Å². The molecule has 0 aliphatic heterocycles. The summed E-state index contributed by atoms with van der Waals surface area (Å²) in [5.41, 5.74) is 1.03. The number of unbranched alkanes of at least 4 members (excludes halogenated alkanes) is 7. The largest absolute Gasteiger partial charge is 0.461 e. The van der Waals surface area contributed by atoms with Crippen LogP contribution in [0.3, 0.4) is 0 Å². The highest BCUT2D eigenvalue weighted by Crippen LogP contribution is 2.24. The maximum absolute atomic E-state index is 13.8. The van der Waals surface area contributed by atoms with Crippen molar-refractivity contribution in [3.05, 3.63) is 60.2 Å². The summed E-state index contributed by atoms with van der Waals surface area (Å²) in [6, 6.07) is 8.63. The number of carbonyl (C=O) groups excluding carboxylic acids is 4. The second kappa shape index (κ2) is 22.7. The lowest BCUT2D eigenvalue weighted by molar-refractivity contribution is -0.163. The first-order valence-electron chi connectivity index (χ1n) is 18.5. The highest BCUT2D eigenvalue weighted by atomic mass is 19.1. The maximum atomic E-state index is 13.8. The van der Waals surface area contributed by atoms with Crippen LogP contribution in [0.15, 0.2) is 48.5 Å². The summed E-state index contributed by atoms with van der Waals surface area (Å²) < 4.78 is 49.2. The number of benzene rings is 2. The van der Waals surface area contributed by atoms with Crippen molar-refractivity contribution in [2.24, 2.45) is 0 Å². The Bertz CT molecular complexity index is 1230. The van der Waals surface area contributed by atoms with E-state index in [-0.39, 0.29) is 0 Å². The smallest absolute Gasteiger partial charge is 0.340 e. The van der Waals surface area contributed by atoms with Crippen LogP contribution in [0.5, 0.6) is 0 Å². The summed E-state index contributed by atoms with van der Waals surface area (Å²) in [6.07, 6.45) is 5.00. The topological polar surface area (TPSA) is 112 Å². The quantitative estimate of drug-likeness (QED) is 0.0483. The molecule has 0 fully saturated rings. The lowest BCUT2D eigenvalue weighted by Crippen LogP contribution is -2.50. The molecule has 2 aromatic rings. The van der Waals surface area contributed by atoms with Gasteiger partial charge in [-0.2, -0.15) is 0 Å². The van der Waals surface area contributed by atoms with Gasteiger partial charge in [-0.05, 0) is 117 Å². The Morgan fingerprint density at radius 2 is 0.673 bits per heavy atom. The fourth-order valence-electron chi connectivity index (χ4n) is 5.59. The molecule has 0 unspecified atom stereocenters. The first kappa shape index (κ1) is 43.9. The number of nitrogens with zero attached hydrogens (tertiary/aromatic N) is 2. The highest BCUT2D eigenvalue weighted by molar-refractivity contribution is 6.03. The summed E-state index contributed by atoms with van der Waals surface area (Å²) >= 11 is 0. The Morgan fingerprint density at radius 3 is 0.904 bits per heavy atom. The average Bonchev–Trinajstić information content (AvgIpc) is 3.03. The predicted octanol–water partition coefficient (Wildman–Crippen LogP) is 7.94. The second-order valence-corrected chi connectivity index (χ2v) is 13.9. The Kier molecular flexibility index (Phi) is 19.1. The Labute approximate surface area is 308 Å². The fourth-order valence-corrected chi connectivity index (χ4v) is 5.59. The minimum absolute atomic E-state index is 0.357. The number of hydrogen-bond acceptors (Lipinski definition) is 10. The molecule has 290 valence electrons. The van der Waals surface area contributed by atoms with Gasteiger partial charge in [-0.15, -0.1) is 0 Å². The Morgan fingerprint density at radius 1 is 0.442 bits per heavy atom. The van der Waals surface area contributed by atoms with Crippen molar-refractivity contribution in [3.8, 4) is 0 Å². The molecule has 0 aliphatic carbocycles. The van der Waals surface area contributed by atoms with E-state index in [0.29, 0.717) is 37.3 Å². The van der Waals surface area contributed by atoms with E-state index in [4.69, 9.17) is 18.9 Å². The number of esters is 4. The average molecular weight is 733 g/mol. The van der Waals surface area contributed by atoms with Gasteiger partial charge in [0.2, 0.25) is 12.1 Å². The number of rotatable bonds is 23. The zero-order valence-electron chi connectivity index (χ0n) is 32.1. The predicted molar refractivity (Wildman–Crippen MR) is 197 cm³/mol. The molecule has 2 aromatic carbocycles. The van der Waals surface area contributed by atoms with Crippen LogP contribution in [0.25, 0.3) is 0 Å². The minimum Gasteiger partial charge on any atom is -0.461 e. The summed E-state index contributed by atoms with van der Waals surface area (Å²) in [4.78, 5) is 55.8. The third-order valence-electron chi connectivity index (χ3n) is 7.79. The third kappa shape index (κ3) is 15.6. The molecule has 12 heteroatoms. The van der Waals surface area contributed by atoms with Crippen molar-refractivity contribution >= 4 is 35.3 Å². The summed E-state index contributed by atoms with van der Waals surface area (Å²) in [5, 5.41) is 0. The van der Waals surface area contributed by atoms with Crippen molar-refractivity contribution in [2.75, 3.05) is 22.9 Å². The van der Waals surface area contributed by atoms with Crippen LogP contribution in [0.1, 0.15) is 107 Å². The van der Waals surface area contributed by atoms with Crippen LogP contribution >= 0.6 is 0 Å².